The van der Waals surface area contributed by atoms with Crippen LogP contribution in [0.4, 0.5) is 0 Å². The molecule has 1 aromatic heterocycles. The quantitative estimate of drug-likeness (QED) is 0.902. The number of aliphatic hydroxyl groups excluding tert-OH is 1. The van der Waals surface area contributed by atoms with Crippen LogP contribution in [-0.2, 0) is 6.42 Å². The maximum absolute atomic E-state index is 12.7. The first kappa shape index (κ1) is 17.5. The number of amides is 1. The van der Waals surface area contributed by atoms with E-state index in [1.54, 1.807) is 29.2 Å². The van der Waals surface area contributed by atoms with E-state index in [1.165, 1.54) is 0 Å². The van der Waals surface area contributed by atoms with Crippen LogP contribution in [0.25, 0.3) is 0 Å². The van der Waals surface area contributed by atoms with E-state index in [9.17, 15) is 9.90 Å². The molecule has 6 nitrogen and oxygen atoms in total. The summed E-state index contributed by atoms with van der Waals surface area (Å²) in [5.74, 6) is 1.36. The molecule has 0 aliphatic carbocycles. The number of benzene rings is 1. The average Bonchev–Trinajstić information content (AvgIpc) is 3.13. The molecule has 2 aromatic rings. The molecular weight excluding hydrogens is 320 g/mol. The van der Waals surface area contributed by atoms with E-state index in [2.05, 4.69) is 5.16 Å². The van der Waals surface area contributed by atoms with Gasteiger partial charge in [-0.25, -0.2) is 0 Å². The van der Waals surface area contributed by atoms with Gasteiger partial charge in [0.25, 0.3) is 5.91 Å². The van der Waals surface area contributed by atoms with E-state index < -0.39 is 6.10 Å². The number of likely N-dealkylation sites (tertiary alicyclic amines) is 1. The molecule has 3 rings (SSSR count). The monoisotopic (exact) mass is 344 g/mol. The van der Waals surface area contributed by atoms with Crippen molar-refractivity contribution in [3.8, 4) is 5.75 Å². The molecular formula is C19H24N2O4. The first-order chi connectivity index (χ1) is 11.9. The van der Waals surface area contributed by atoms with Crippen LogP contribution in [0.3, 0.4) is 0 Å². The number of hydrogen-bond acceptors (Lipinski definition) is 5. The Balaban J connectivity index is 1.63. The Morgan fingerprint density at radius 1 is 1.36 bits per heavy atom. The summed E-state index contributed by atoms with van der Waals surface area (Å²) in [7, 11) is 0. The van der Waals surface area contributed by atoms with Crippen LogP contribution in [0.2, 0.25) is 0 Å². The molecule has 1 aliphatic heterocycles. The van der Waals surface area contributed by atoms with E-state index in [0.29, 0.717) is 25.1 Å². The molecule has 1 aromatic carbocycles. The molecule has 2 atom stereocenters. The summed E-state index contributed by atoms with van der Waals surface area (Å²) < 4.78 is 10.8. The topological polar surface area (TPSA) is 75.8 Å². The fourth-order valence-corrected chi connectivity index (χ4v) is 3.12. The Bertz CT molecular complexity index is 723. The summed E-state index contributed by atoms with van der Waals surface area (Å²) in [5.41, 5.74) is 1.42. The van der Waals surface area contributed by atoms with Gasteiger partial charge in [0.1, 0.15) is 11.5 Å². The zero-order chi connectivity index (χ0) is 18.0. The van der Waals surface area contributed by atoms with E-state index >= 15 is 0 Å². The molecule has 0 unspecified atom stereocenters. The Kier molecular flexibility index (Phi) is 5.08. The van der Waals surface area contributed by atoms with Crippen molar-refractivity contribution in [2.45, 2.75) is 39.4 Å². The van der Waals surface area contributed by atoms with Crippen molar-refractivity contribution in [2.24, 2.45) is 5.92 Å². The number of hydrogen-bond donors (Lipinski definition) is 1. The number of aryl methyl sites for hydroxylation is 1. The lowest BCUT2D eigenvalue weighted by atomic mass is 10.0. The fourth-order valence-electron chi connectivity index (χ4n) is 3.12. The van der Waals surface area contributed by atoms with E-state index in [4.69, 9.17) is 9.26 Å². The highest BCUT2D eigenvalue weighted by Crippen LogP contribution is 2.24. The van der Waals surface area contributed by atoms with Crippen LogP contribution in [0.5, 0.6) is 5.75 Å². The van der Waals surface area contributed by atoms with Crippen molar-refractivity contribution >= 4 is 5.91 Å². The van der Waals surface area contributed by atoms with Crippen molar-refractivity contribution in [3.63, 3.8) is 0 Å². The number of carbonyl (C=O) groups is 1. The lowest BCUT2D eigenvalue weighted by molar-refractivity contribution is 0.0764. The Morgan fingerprint density at radius 2 is 2.08 bits per heavy atom. The number of carbonyl (C=O) groups excluding carboxylic acids is 1. The molecule has 25 heavy (non-hydrogen) atoms. The van der Waals surface area contributed by atoms with E-state index in [-0.39, 0.29) is 17.9 Å². The largest absolute Gasteiger partial charge is 0.491 e. The van der Waals surface area contributed by atoms with Gasteiger partial charge in [-0.3, -0.25) is 4.79 Å². The molecule has 0 radical (unpaired) electrons. The van der Waals surface area contributed by atoms with E-state index in [0.717, 1.165) is 17.2 Å². The molecule has 1 aliphatic rings. The lowest BCUT2D eigenvalue weighted by Gasteiger charge is -2.16. The van der Waals surface area contributed by atoms with Gasteiger partial charge in [-0.15, -0.1) is 0 Å². The summed E-state index contributed by atoms with van der Waals surface area (Å²) in [6.07, 6.45) is 0.112. The summed E-state index contributed by atoms with van der Waals surface area (Å²) in [5, 5.41) is 14.2. The lowest BCUT2D eigenvalue weighted by Crippen LogP contribution is -2.29. The standard InChI is InChI=1S/C19H24N2O4/c1-12(2)24-16-6-4-14(5-7-16)19(23)21-10-15(18(22)11-21)9-17-8-13(3)20-25-17/h4-8,12,15,18,22H,9-11H2,1-3H3/t15-,18+/m1/s1. The first-order valence-electron chi connectivity index (χ1n) is 8.58. The van der Waals surface area contributed by atoms with Gasteiger partial charge in [-0.05, 0) is 45.0 Å². The third-order valence-electron chi connectivity index (χ3n) is 4.31. The van der Waals surface area contributed by atoms with Gasteiger partial charge in [0, 0.05) is 37.1 Å². The number of nitrogens with zero attached hydrogens (tertiary/aromatic N) is 2. The van der Waals surface area contributed by atoms with Crippen molar-refractivity contribution < 1.29 is 19.2 Å². The van der Waals surface area contributed by atoms with Crippen LogP contribution in [-0.4, -0.2) is 46.4 Å². The number of aromatic nitrogens is 1. The highest BCUT2D eigenvalue weighted by atomic mass is 16.5. The maximum Gasteiger partial charge on any atom is 0.253 e. The van der Waals surface area contributed by atoms with Crippen molar-refractivity contribution in [1.29, 1.82) is 0 Å². The molecule has 1 saturated heterocycles. The second-order valence-corrected chi connectivity index (χ2v) is 6.87. The van der Waals surface area contributed by atoms with Crippen molar-refractivity contribution in [3.05, 3.63) is 47.3 Å². The minimum atomic E-state index is -0.557. The number of aliphatic hydroxyl groups is 1. The van der Waals surface area contributed by atoms with Gasteiger partial charge in [0.15, 0.2) is 0 Å². The van der Waals surface area contributed by atoms with Crippen molar-refractivity contribution in [2.75, 3.05) is 13.1 Å². The van der Waals surface area contributed by atoms with Gasteiger partial charge < -0.3 is 19.3 Å². The van der Waals surface area contributed by atoms with Crippen LogP contribution in [0.15, 0.2) is 34.9 Å². The molecule has 6 heteroatoms. The molecule has 134 valence electrons. The Hall–Kier alpha value is -2.34. The van der Waals surface area contributed by atoms with Gasteiger partial charge in [-0.1, -0.05) is 5.16 Å². The molecule has 1 N–H and O–H groups in total. The van der Waals surface area contributed by atoms with Crippen LogP contribution >= 0.6 is 0 Å². The molecule has 2 heterocycles. The Morgan fingerprint density at radius 3 is 2.68 bits per heavy atom. The van der Waals surface area contributed by atoms with Gasteiger partial charge in [0.2, 0.25) is 0 Å². The molecule has 1 amide bonds. The third kappa shape index (κ3) is 4.20. The maximum atomic E-state index is 12.7. The van der Waals surface area contributed by atoms with Gasteiger partial charge in [0.05, 0.1) is 17.9 Å². The smallest absolute Gasteiger partial charge is 0.253 e. The van der Waals surface area contributed by atoms with Gasteiger partial charge >= 0.3 is 0 Å². The third-order valence-corrected chi connectivity index (χ3v) is 4.31. The van der Waals surface area contributed by atoms with Gasteiger partial charge in [-0.2, -0.15) is 0 Å². The average molecular weight is 344 g/mol. The summed E-state index contributed by atoms with van der Waals surface area (Å²) in [4.78, 5) is 14.4. The summed E-state index contributed by atoms with van der Waals surface area (Å²) >= 11 is 0. The number of rotatable bonds is 5. The number of β-amino-alcohol motifs (C(OH)–C–C–N with tert-alkyl or cyclic N) is 1. The Labute approximate surface area is 147 Å². The zero-order valence-corrected chi connectivity index (χ0v) is 14.8. The predicted molar refractivity (Wildman–Crippen MR) is 92.6 cm³/mol. The summed E-state index contributed by atoms with van der Waals surface area (Å²) in [6, 6.07) is 8.99. The van der Waals surface area contributed by atoms with Crippen molar-refractivity contribution in [1.82, 2.24) is 10.1 Å². The minimum absolute atomic E-state index is 0.0418. The summed E-state index contributed by atoms with van der Waals surface area (Å²) in [6.45, 7) is 6.62. The SMILES string of the molecule is Cc1cc(C[C@@H]2CN(C(=O)c3ccc(OC(C)C)cc3)C[C@@H]2O)on1. The highest BCUT2D eigenvalue weighted by molar-refractivity contribution is 5.94. The predicted octanol–water partition coefficient (Wildman–Crippen LogP) is 2.45. The van der Waals surface area contributed by atoms with E-state index in [1.807, 2.05) is 26.8 Å². The number of ether oxygens (including phenoxy) is 1. The first-order valence-corrected chi connectivity index (χ1v) is 8.58. The second-order valence-electron chi connectivity index (χ2n) is 6.87. The van der Waals surface area contributed by atoms with Crippen LogP contribution in [0.1, 0.15) is 35.7 Å². The fraction of sp³-hybridized carbons (Fsp3) is 0.474. The molecule has 0 bridgehead atoms. The normalized spacial score (nSPS) is 20.3. The van der Waals surface area contributed by atoms with Crippen LogP contribution < -0.4 is 4.74 Å². The highest BCUT2D eigenvalue weighted by Gasteiger charge is 2.35. The minimum Gasteiger partial charge on any atom is -0.491 e. The van der Waals surface area contributed by atoms with Crippen LogP contribution in [0, 0.1) is 12.8 Å². The molecule has 0 spiro atoms. The molecule has 0 saturated carbocycles. The molecule has 1 fully saturated rings. The zero-order valence-electron chi connectivity index (χ0n) is 14.8. The second kappa shape index (κ2) is 7.27.